The van der Waals surface area contributed by atoms with Gasteiger partial charge in [-0.1, -0.05) is 24.4 Å². The molecule has 0 heterocycles. The number of hydrogen-bond donors (Lipinski definition) is 0. The molecule has 1 aromatic carbocycles. The molecule has 0 aliphatic heterocycles. The van der Waals surface area contributed by atoms with Crippen molar-refractivity contribution in [2.45, 2.75) is 11.8 Å². The molecular formula is C11H11ClN2O4S. The van der Waals surface area contributed by atoms with Crippen molar-refractivity contribution in [2.75, 3.05) is 13.1 Å². The van der Waals surface area contributed by atoms with Gasteiger partial charge in [0, 0.05) is 18.7 Å². The lowest BCUT2D eigenvalue weighted by molar-refractivity contribution is -0.385. The first-order valence-electron chi connectivity index (χ1n) is 5.22. The van der Waals surface area contributed by atoms with Crippen molar-refractivity contribution >= 4 is 27.3 Å². The van der Waals surface area contributed by atoms with Crippen molar-refractivity contribution in [3.05, 3.63) is 33.3 Å². The highest BCUT2D eigenvalue weighted by atomic mass is 35.5. The van der Waals surface area contributed by atoms with E-state index in [0.29, 0.717) is 0 Å². The van der Waals surface area contributed by atoms with Crippen molar-refractivity contribution in [3.63, 3.8) is 0 Å². The van der Waals surface area contributed by atoms with E-state index in [2.05, 4.69) is 5.92 Å². The molecule has 0 spiro atoms. The van der Waals surface area contributed by atoms with Gasteiger partial charge in [-0.25, -0.2) is 8.42 Å². The van der Waals surface area contributed by atoms with Gasteiger partial charge in [0.2, 0.25) is 10.0 Å². The molecular weight excluding hydrogens is 292 g/mol. The molecule has 0 N–H and O–H groups in total. The minimum absolute atomic E-state index is 0.0823. The Bertz CT molecular complexity index is 637. The van der Waals surface area contributed by atoms with Crippen LogP contribution in [0.5, 0.6) is 0 Å². The van der Waals surface area contributed by atoms with Crippen LogP contribution in [0.1, 0.15) is 6.92 Å². The molecule has 6 nitrogen and oxygen atoms in total. The van der Waals surface area contributed by atoms with Crippen LogP contribution in [0, 0.1) is 22.5 Å². The highest BCUT2D eigenvalue weighted by Crippen LogP contribution is 2.28. The second-order valence-electron chi connectivity index (χ2n) is 3.51. The van der Waals surface area contributed by atoms with Crippen LogP contribution in [0.15, 0.2) is 23.1 Å². The molecule has 8 heteroatoms. The fourth-order valence-electron chi connectivity index (χ4n) is 1.41. The zero-order chi connectivity index (χ0) is 14.6. The third-order valence-electron chi connectivity index (χ3n) is 2.36. The lowest BCUT2D eigenvalue weighted by Gasteiger charge is -2.18. The molecule has 0 saturated heterocycles. The van der Waals surface area contributed by atoms with Gasteiger partial charge < -0.3 is 0 Å². The van der Waals surface area contributed by atoms with Gasteiger partial charge >= 0.3 is 0 Å². The minimum atomic E-state index is -3.95. The topological polar surface area (TPSA) is 80.5 Å². The predicted octanol–water partition coefficient (Wildman–Crippen LogP) is 1.89. The first-order valence-corrected chi connectivity index (χ1v) is 7.04. The second kappa shape index (κ2) is 6.02. The first kappa shape index (κ1) is 15.4. The summed E-state index contributed by atoms with van der Waals surface area (Å²) in [6.45, 7) is 1.63. The summed E-state index contributed by atoms with van der Waals surface area (Å²) in [6, 6.07) is 3.24. The average molecular weight is 303 g/mol. The van der Waals surface area contributed by atoms with Gasteiger partial charge in [-0.2, -0.15) is 4.31 Å². The van der Waals surface area contributed by atoms with Gasteiger partial charge in [0.05, 0.1) is 16.5 Å². The smallest absolute Gasteiger partial charge is 0.258 e. The molecule has 1 rings (SSSR count). The fraction of sp³-hybridized carbons (Fsp3) is 0.273. The Balaban J connectivity index is 3.39. The molecule has 1 aromatic rings. The zero-order valence-electron chi connectivity index (χ0n) is 10.0. The Hall–Kier alpha value is -1.62. The third kappa shape index (κ3) is 3.23. The monoisotopic (exact) mass is 302 g/mol. The summed E-state index contributed by atoms with van der Waals surface area (Å²) in [5, 5.41) is 10.6. The minimum Gasteiger partial charge on any atom is -0.258 e. The van der Waals surface area contributed by atoms with Gasteiger partial charge in [0.1, 0.15) is 4.90 Å². The highest BCUT2D eigenvalue weighted by molar-refractivity contribution is 7.89. The summed E-state index contributed by atoms with van der Waals surface area (Å²) in [5.74, 6) is 2.22. The number of hydrogen-bond acceptors (Lipinski definition) is 4. The normalized spacial score (nSPS) is 11.3. The van der Waals surface area contributed by atoms with Gasteiger partial charge in [0.25, 0.3) is 5.69 Å². The molecule has 0 aliphatic carbocycles. The van der Waals surface area contributed by atoms with Crippen LogP contribution >= 0.6 is 11.6 Å². The van der Waals surface area contributed by atoms with Crippen molar-refractivity contribution < 1.29 is 13.3 Å². The van der Waals surface area contributed by atoms with E-state index in [1.54, 1.807) is 6.92 Å². The SMILES string of the molecule is C#CCN(CC)S(=O)(=O)c1cc([N+](=O)[O-])ccc1Cl. The Labute approximate surface area is 116 Å². The number of sulfonamides is 1. The fourth-order valence-corrected chi connectivity index (χ4v) is 3.27. The Morgan fingerprint density at radius 3 is 2.63 bits per heavy atom. The van der Waals surface area contributed by atoms with E-state index in [9.17, 15) is 18.5 Å². The number of nitrogens with zero attached hydrogens (tertiary/aromatic N) is 2. The van der Waals surface area contributed by atoms with Crippen LogP contribution in [0.25, 0.3) is 0 Å². The molecule has 0 amide bonds. The number of nitro groups is 1. The van der Waals surface area contributed by atoms with E-state index < -0.39 is 14.9 Å². The van der Waals surface area contributed by atoms with Crippen LogP contribution in [-0.2, 0) is 10.0 Å². The van der Waals surface area contributed by atoms with E-state index >= 15 is 0 Å². The molecule has 0 aromatic heterocycles. The van der Waals surface area contributed by atoms with E-state index in [4.69, 9.17) is 18.0 Å². The Kier molecular flexibility index (Phi) is 4.89. The second-order valence-corrected chi connectivity index (χ2v) is 5.82. The maximum absolute atomic E-state index is 12.3. The van der Waals surface area contributed by atoms with Crippen molar-refractivity contribution in [1.29, 1.82) is 0 Å². The molecule has 0 atom stereocenters. The average Bonchev–Trinajstić information content (AvgIpc) is 2.35. The zero-order valence-corrected chi connectivity index (χ0v) is 11.6. The van der Waals surface area contributed by atoms with Gasteiger partial charge in [-0.15, -0.1) is 6.42 Å². The molecule has 0 fully saturated rings. The number of nitro benzene ring substituents is 1. The van der Waals surface area contributed by atoms with E-state index in [-0.39, 0.29) is 28.7 Å². The molecule has 0 radical (unpaired) electrons. The van der Waals surface area contributed by atoms with Crippen molar-refractivity contribution in [1.82, 2.24) is 4.31 Å². The molecule has 0 bridgehead atoms. The summed E-state index contributed by atoms with van der Waals surface area (Å²) in [5.41, 5.74) is -0.347. The standard InChI is InChI=1S/C11H11ClN2O4S/c1-3-7-13(4-2)19(17,18)11-8-9(14(15)16)5-6-10(11)12/h1,5-6,8H,4,7H2,2H3. The number of non-ortho nitro benzene ring substituents is 1. The summed E-state index contributed by atoms with van der Waals surface area (Å²) in [4.78, 5) is 9.67. The van der Waals surface area contributed by atoms with E-state index in [1.807, 2.05) is 0 Å². The summed E-state index contributed by atoms with van der Waals surface area (Å²) in [6.07, 6.45) is 5.10. The van der Waals surface area contributed by atoms with Gasteiger partial charge in [-0.3, -0.25) is 10.1 Å². The molecule has 19 heavy (non-hydrogen) atoms. The first-order chi connectivity index (χ1) is 8.84. The highest BCUT2D eigenvalue weighted by Gasteiger charge is 2.27. The van der Waals surface area contributed by atoms with Crippen LogP contribution in [0.4, 0.5) is 5.69 Å². The largest absolute Gasteiger partial charge is 0.270 e. The maximum Gasteiger partial charge on any atom is 0.270 e. The quantitative estimate of drug-likeness (QED) is 0.472. The molecule has 0 aliphatic rings. The van der Waals surface area contributed by atoms with E-state index in [0.717, 1.165) is 16.4 Å². The Morgan fingerprint density at radius 2 is 2.16 bits per heavy atom. The summed E-state index contributed by atoms with van der Waals surface area (Å²) in [7, 11) is -3.95. The number of benzene rings is 1. The third-order valence-corrected chi connectivity index (χ3v) is 4.77. The number of rotatable bonds is 5. The maximum atomic E-state index is 12.3. The van der Waals surface area contributed by atoms with Crippen LogP contribution in [-0.4, -0.2) is 30.7 Å². The van der Waals surface area contributed by atoms with Crippen molar-refractivity contribution in [2.24, 2.45) is 0 Å². The lowest BCUT2D eigenvalue weighted by Crippen LogP contribution is -2.31. The Morgan fingerprint density at radius 1 is 1.53 bits per heavy atom. The summed E-state index contributed by atoms with van der Waals surface area (Å²) >= 11 is 5.81. The van der Waals surface area contributed by atoms with Gasteiger partial charge in [-0.05, 0) is 6.07 Å². The molecule has 0 saturated carbocycles. The van der Waals surface area contributed by atoms with E-state index in [1.165, 1.54) is 6.07 Å². The molecule has 0 unspecified atom stereocenters. The number of terminal acetylenes is 1. The number of halogens is 1. The van der Waals surface area contributed by atoms with Crippen LogP contribution in [0.2, 0.25) is 5.02 Å². The summed E-state index contributed by atoms with van der Waals surface area (Å²) < 4.78 is 25.6. The van der Waals surface area contributed by atoms with Crippen LogP contribution < -0.4 is 0 Å². The van der Waals surface area contributed by atoms with Crippen molar-refractivity contribution in [3.8, 4) is 12.3 Å². The van der Waals surface area contributed by atoms with Gasteiger partial charge in [0.15, 0.2) is 0 Å². The lowest BCUT2D eigenvalue weighted by atomic mass is 10.3. The predicted molar refractivity (Wildman–Crippen MR) is 71.4 cm³/mol. The molecule has 102 valence electrons. The van der Waals surface area contributed by atoms with Crippen LogP contribution in [0.3, 0.4) is 0 Å².